The topological polar surface area (TPSA) is 75.3 Å². The average molecular weight is 330 g/mol. The highest BCUT2D eigenvalue weighted by molar-refractivity contribution is 7.99. The molecule has 0 fully saturated rings. The lowest BCUT2D eigenvalue weighted by Crippen LogP contribution is -2.47. The van der Waals surface area contributed by atoms with Crippen LogP contribution in [0.2, 0.25) is 0 Å². The molecular weight excluding hydrogens is 308 g/mol. The first-order valence-electron chi connectivity index (χ1n) is 6.64. The fourth-order valence-corrected chi connectivity index (χ4v) is 3.24. The normalized spacial score (nSPS) is 14.5. The molecule has 1 rings (SSSR count). The molecule has 5 nitrogen and oxygen atoms in total. The van der Waals surface area contributed by atoms with Crippen LogP contribution in [0.4, 0.5) is 0 Å². The standard InChI is InChI=1S/C14H22N2O3S2/c1-10-5-7-13(8-6-10)20-9-11(2)15-14(17)12(3)16-21(4,18)19/h5-8,11-12,16H,9H2,1-4H3,(H,15,17)/t11-,12+/m0/s1. The Morgan fingerprint density at radius 3 is 2.33 bits per heavy atom. The minimum absolute atomic E-state index is 0.0485. The molecule has 0 aliphatic rings. The predicted molar refractivity (Wildman–Crippen MR) is 86.9 cm³/mol. The largest absolute Gasteiger partial charge is 0.351 e. The van der Waals surface area contributed by atoms with E-state index < -0.39 is 16.1 Å². The zero-order chi connectivity index (χ0) is 16.0. The van der Waals surface area contributed by atoms with E-state index in [1.165, 1.54) is 12.5 Å². The van der Waals surface area contributed by atoms with E-state index >= 15 is 0 Å². The number of sulfonamides is 1. The van der Waals surface area contributed by atoms with E-state index in [1.807, 2.05) is 38.1 Å². The van der Waals surface area contributed by atoms with Crippen LogP contribution >= 0.6 is 11.8 Å². The van der Waals surface area contributed by atoms with Crippen LogP contribution in [0.1, 0.15) is 19.4 Å². The Balaban J connectivity index is 2.40. The van der Waals surface area contributed by atoms with Crippen molar-refractivity contribution in [2.75, 3.05) is 12.0 Å². The Morgan fingerprint density at radius 2 is 1.81 bits per heavy atom. The van der Waals surface area contributed by atoms with E-state index in [4.69, 9.17) is 0 Å². The molecule has 0 unspecified atom stereocenters. The van der Waals surface area contributed by atoms with Gasteiger partial charge in [0.05, 0.1) is 12.3 Å². The number of rotatable bonds is 7. The molecule has 0 aliphatic carbocycles. The second-order valence-electron chi connectivity index (χ2n) is 5.15. The van der Waals surface area contributed by atoms with Gasteiger partial charge in [0.1, 0.15) is 0 Å². The van der Waals surface area contributed by atoms with Crippen molar-refractivity contribution in [3.05, 3.63) is 29.8 Å². The van der Waals surface area contributed by atoms with Crippen molar-refractivity contribution >= 4 is 27.7 Å². The second-order valence-corrected chi connectivity index (χ2v) is 8.02. The van der Waals surface area contributed by atoms with Crippen LogP contribution in [-0.4, -0.2) is 38.4 Å². The van der Waals surface area contributed by atoms with Crippen LogP contribution in [0.25, 0.3) is 0 Å². The molecule has 0 aliphatic heterocycles. The summed E-state index contributed by atoms with van der Waals surface area (Å²) in [6, 6.07) is 7.36. The Kier molecular flexibility index (Phi) is 6.70. The van der Waals surface area contributed by atoms with Crippen LogP contribution in [0.3, 0.4) is 0 Å². The number of amides is 1. The fraction of sp³-hybridized carbons (Fsp3) is 0.500. The first kappa shape index (κ1) is 18.0. The Morgan fingerprint density at radius 1 is 1.24 bits per heavy atom. The number of hydrogen-bond acceptors (Lipinski definition) is 4. The molecule has 118 valence electrons. The van der Waals surface area contributed by atoms with Gasteiger partial charge >= 0.3 is 0 Å². The van der Waals surface area contributed by atoms with Crippen molar-refractivity contribution in [3.8, 4) is 0 Å². The summed E-state index contributed by atoms with van der Waals surface area (Å²) < 4.78 is 24.4. The number of hydrogen-bond donors (Lipinski definition) is 2. The highest BCUT2D eigenvalue weighted by Crippen LogP contribution is 2.19. The summed E-state index contributed by atoms with van der Waals surface area (Å²) >= 11 is 1.65. The molecule has 2 N–H and O–H groups in total. The molecule has 1 amide bonds. The maximum absolute atomic E-state index is 11.8. The van der Waals surface area contributed by atoms with Gasteiger partial charge in [0.2, 0.25) is 15.9 Å². The summed E-state index contributed by atoms with van der Waals surface area (Å²) in [6.07, 6.45) is 1.04. The van der Waals surface area contributed by atoms with E-state index in [9.17, 15) is 13.2 Å². The van der Waals surface area contributed by atoms with Gasteiger partial charge in [-0.3, -0.25) is 4.79 Å². The van der Waals surface area contributed by atoms with Gasteiger partial charge in [-0.2, -0.15) is 0 Å². The maximum atomic E-state index is 11.8. The van der Waals surface area contributed by atoms with Crippen LogP contribution in [0.15, 0.2) is 29.2 Å². The number of thioether (sulfide) groups is 1. The van der Waals surface area contributed by atoms with Crippen molar-refractivity contribution in [1.82, 2.24) is 10.0 Å². The van der Waals surface area contributed by atoms with Gasteiger partial charge in [-0.15, -0.1) is 11.8 Å². The minimum Gasteiger partial charge on any atom is -0.351 e. The first-order valence-corrected chi connectivity index (χ1v) is 9.52. The van der Waals surface area contributed by atoms with Crippen molar-refractivity contribution in [3.63, 3.8) is 0 Å². The average Bonchev–Trinajstić information content (AvgIpc) is 2.36. The molecular formula is C14H22N2O3S2. The molecule has 0 aromatic heterocycles. The SMILES string of the molecule is Cc1ccc(SC[C@H](C)NC(=O)[C@@H](C)NS(C)(=O)=O)cc1. The van der Waals surface area contributed by atoms with Gasteiger partial charge < -0.3 is 5.32 Å². The molecule has 0 saturated carbocycles. The summed E-state index contributed by atoms with van der Waals surface area (Å²) in [4.78, 5) is 13.0. The highest BCUT2D eigenvalue weighted by atomic mass is 32.2. The molecule has 1 aromatic rings. The molecule has 0 spiro atoms. The minimum atomic E-state index is -3.38. The molecule has 0 radical (unpaired) electrons. The molecule has 7 heteroatoms. The quantitative estimate of drug-likeness (QED) is 0.744. The van der Waals surface area contributed by atoms with Gasteiger partial charge in [0.15, 0.2) is 0 Å². The van der Waals surface area contributed by atoms with E-state index in [0.29, 0.717) is 0 Å². The third-order valence-electron chi connectivity index (χ3n) is 2.69. The van der Waals surface area contributed by atoms with Crippen LogP contribution in [-0.2, 0) is 14.8 Å². The lowest BCUT2D eigenvalue weighted by Gasteiger charge is -2.17. The third-order valence-corrected chi connectivity index (χ3v) is 4.75. The summed E-state index contributed by atoms with van der Waals surface area (Å²) in [7, 11) is -3.38. The Labute approximate surface area is 130 Å². The van der Waals surface area contributed by atoms with Crippen molar-refractivity contribution in [1.29, 1.82) is 0 Å². The van der Waals surface area contributed by atoms with Crippen molar-refractivity contribution in [2.45, 2.75) is 37.8 Å². The molecule has 1 aromatic carbocycles. The van der Waals surface area contributed by atoms with E-state index in [2.05, 4.69) is 10.0 Å². The maximum Gasteiger partial charge on any atom is 0.238 e. The first-order chi connectivity index (χ1) is 9.67. The van der Waals surface area contributed by atoms with Gasteiger partial charge in [0.25, 0.3) is 0 Å². The molecule has 21 heavy (non-hydrogen) atoms. The van der Waals surface area contributed by atoms with E-state index in [0.717, 1.165) is 16.9 Å². The number of nitrogens with one attached hydrogen (secondary N) is 2. The van der Waals surface area contributed by atoms with Gasteiger partial charge in [0, 0.05) is 16.7 Å². The smallest absolute Gasteiger partial charge is 0.238 e. The molecule has 0 heterocycles. The lowest BCUT2D eigenvalue weighted by molar-refractivity contribution is -0.122. The third kappa shape index (κ3) is 7.50. The number of carbonyl (C=O) groups is 1. The number of carbonyl (C=O) groups excluding carboxylic acids is 1. The van der Waals surface area contributed by atoms with Gasteiger partial charge in [-0.1, -0.05) is 17.7 Å². The molecule has 2 atom stereocenters. The van der Waals surface area contributed by atoms with E-state index in [1.54, 1.807) is 11.8 Å². The summed E-state index contributed by atoms with van der Waals surface area (Å²) in [5.41, 5.74) is 1.21. The van der Waals surface area contributed by atoms with Crippen molar-refractivity contribution in [2.24, 2.45) is 0 Å². The monoisotopic (exact) mass is 330 g/mol. The summed E-state index contributed by atoms with van der Waals surface area (Å²) in [6.45, 7) is 5.45. The fourth-order valence-electron chi connectivity index (χ4n) is 1.64. The number of aryl methyl sites for hydroxylation is 1. The number of benzene rings is 1. The van der Waals surface area contributed by atoms with Gasteiger partial charge in [-0.25, -0.2) is 13.1 Å². The summed E-state index contributed by atoms with van der Waals surface area (Å²) in [5, 5.41) is 2.80. The van der Waals surface area contributed by atoms with Crippen molar-refractivity contribution < 1.29 is 13.2 Å². The highest BCUT2D eigenvalue weighted by Gasteiger charge is 2.18. The molecule has 0 bridgehead atoms. The van der Waals surface area contributed by atoms with Crippen LogP contribution in [0.5, 0.6) is 0 Å². The Hall–Kier alpha value is -1.05. The zero-order valence-corrected chi connectivity index (χ0v) is 14.3. The van der Waals surface area contributed by atoms with Crippen LogP contribution < -0.4 is 10.0 Å². The lowest BCUT2D eigenvalue weighted by atomic mass is 10.2. The Bertz CT molecular complexity index is 570. The van der Waals surface area contributed by atoms with E-state index in [-0.39, 0.29) is 11.9 Å². The summed E-state index contributed by atoms with van der Waals surface area (Å²) in [5.74, 6) is 0.401. The van der Waals surface area contributed by atoms with Gasteiger partial charge in [-0.05, 0) is 32.9 Å². The van der Waals surface area contributed by atoms with Crippen LogP contribution in [0, 0.1) is 6.92 Å². The predicted octanol–water partition coefficient (Wildman–Crippen LogP) is 1.53. The molecule has 0 saturated heterocycles. The second kappa shape index (κ2) is 7.82. The zero-order valence-electron chi connectivity index (χ0n) is 12.7.